The smallest absolute Gasteiger partial charge is 0.303 e. The summed E-state index contributed by atoms with van der Waals surface area (Å²) in [5, 5.41) is 11.0. The third-order valence-corrected chi connectivity index (χ3v) is 3.52. The molecule has 0 aromatic rings. The van der Waals surface area contributed by atoms with E-state index in [-0.39, 0.29) is 13.0 Å². The Morgan fingerprint density at radius 2 is 1.84 bits per heavy atom. The van der Waals surface area contributed by atoms with E-state index < -0.39 is 45.6 Å². The summed E-state index contributed by atoms with van der Waals surface area (Å²) in [5.74, 6) is -3.06. The third kappa shape index (κ3) is 8.51. The Morgan fingerprint density at radius 3 is 2.26 bits per heavy atom. The Kier molecular flexibility index (Phi) is 6.95. The fourth-order valence-corrected chi connectivity index (χ4v) is 2.31. The zero-order valence-electron chi connectivity index (χ0n) is 10.9. The van der Waals surface area contributed by atoms with Crippen LogP contribution < -0.4 is 11.1 Å². The molecule has 0 aliphatic heterocycles. The van der Waals surface area contributed by atoms with Gasteiger partial charge in [-0.05, 0) is 11.8 Å². The summed E-state index contributed by atoms with van der Waals surface area (Å²) in [5.41, 5.74) is 5.58. The number of carboxylic acids is 1. The van der Waals surface area contributed by atoms with Crippen molar-refractivity contribution < 1.29 is 27.7 Å². The van der Waals surface area contributed by atoms with Crippen molar-refractivity contribution in [3.05, 3.63) is 0 Å². The summed E-state index contributed by atoms with van der Waals surface area (Å²) >= 11 is 0. The Morgan fingerprint density at radius 1 is 1.32 bits per heavy atom. The summed E-state index contributed by atoms with van der Waals surface area (Å²) in [6, 6.07) is -0.978. The Labute approximate surface area is 112 Å². The molecular formula is C10H20N2O6S. The van der Waals surface area contributed by atoms with Crippen LogP contribution in [-0.4, -0.2) is 48.3 Å². The first kappa shape index (κ1) is 17.8. The third-order valence-electron chi connectivity index (χ3n) is 2.53. The Hall–Kier alpha value is -1.19. The first-order valence-corrected chi connectivity index (χ1v) is 7.34. The highest BCUT2D eigenvalue weighted by molar-refractivity contribution is 7.85. The lowest BCUT2D eigenvalue weighted by atomic mass is 9.98. The largest absolute Gasteiger partial charge is 0.481 e. The van der Waals surface area contributed by atoms with Gasteiger partial charge >= 0.3 is 5.97 Å². The fraction of sp³-hybridized carbons (Fsp3) is 0.800. The van der Waals surface area contributed by atoms with Crippen LogP contribution in [0.5, 0.6) is 0 Å². The van der Waals surface area contributed by atoms with Gasteiger partial charge in [0.2, 0.25) is 5.91 Å². The van der Waals surface area contributed by atoms with Crippen LogP contribution in [0.3, 0.4) is 0 Å². The highest BCUT2D eigenvalue weighted by Gasteiger charge is 2.23. The van der Waals surface area contributed by atoms with Crippen molar-refractivity contribution in [2.24, 2.45) is 17.6 Å². The number of carbonyl (C=O) groups excluding carboxylic acids is 1. The molecule has 0 aliphatic rings. The van der Waals surface area contributed by atoms with Crippen molar-refractivity contribution in [3.63, 3.8) is 0 Å². The lowest BCUT2D eigenvalue weighted by Gasteiger charge is -2.19. The quantitative estimate of drug-likeness (QED) is 0.423. The zero-order chi connectivity index (χ0) is 15.2. The average Bonchev–Trinajstić information content (AvgIpc) is 2.21. The first-order valence-electron chi connectivity index (χ1n) is 5.73. The van der Waals surface area contributed by atoms with Gasteiger partial charge in [-0.3, -0.25) is 14.1 Å². The second-order valence-electron chi connectivity index (χ2n) is 4.70. The number of rotatable bonds is 8. The van der Waals surface area contributed by atoms with E-state index in [1.54, 1.807) is 13.8 Å². The summed E-state index contributed by atoms with van der Waals surface area (Å²) in [6.07, 6.45) is -0.227. The lowest BCUT2D eigenvalue weighted by Crippen LogP contribution is -2.46. The van der Waals surface area contributed by atoms with E-state index in [4.69, 9.17) is 15.4 Å². The first-order chi connectivity index (χ1) is 8.53. The van der Waals surface area contributed by atoms with Crippen molar-refractivity contribution in [1.82, 2.24) is 5.32 Å². The molecule has 0 fully saturated rings. The number of amides is 1. The minimum atomic E-state index is -4.08. The van der Waals surface area contributed by atoms with Crippen molar-refractivity contribution in [1.29, 1.82) is 0 Å². The van der Waals surface area contributed by atoms with Crippen molar-refractivity contribution >= 4 is 22.0 Å². The second-order valence-corrected chi connectivity index (χ2v) is 6.20. The van der Waals surface area contributed by atoms with E-state index in [0.717, 1.165) is 0 Å². The van der Waals surface area contributed by atoms with E-state index in [9.17, 15) is 18.0 Å². The number of hydrogen-bond acceptors (Lipinski definition) is 5. The van der Waals surface area contributed by atoms with Gasteiger partial charge in [-0.25, -0.2) is 0 Å². The average molecular weight is 296 g/mol. The van der Waals surface area contributed by atoms with Crippen LogP contribution in [0.25, 0.3) is 0 Å². The maximum atomic E-state index is 11.6. The van der Waals surface area contributed by atoms with Gasteiger partial charge in [-0.2, -0.15) is 8.42 Å². The Bertz CT molecular complexity index is 422. The van der Waals surface area contributed by atoms with Crippen LogP contribution in [0, 0.1) is 11.8 Å². The molecule has 0 aromatic heterocycles. The van der Waals surface area contributed by atoms with Crippen LogP contribution in [0.1, 0.15) is 20.3 Å². The molecule has 5 N–H and O–H groups in total. The molecule has 0 saturated carbocycles. The molecule has 0 spiro atoms. The van der Waals surface area contributed by atoms with E-state index in [2.05, 4.69) is 5.32 Å². The summed E-state index contributed by atoms with van der Waals surface area (Å²) in [4.78, 5) is 22.1. The van der Waals surface area contributed by atoms with Gasteiger partial charge in [-0.15, -0.1) is 0 Å². The fourth-order valence-electron chi connectivity index (χ4n) is 1.47. The highest BCUT2D eigenvalue weighted by atomic mass is 32.2. The van der Waals surface area contributed by atoms with Crippen LogP contribution in [-0.2, 0) is 19.7 Å². The Balaban J connectivity index is 4.20. The molecule has 1 amide bonds. The van der Waals surface area contributed by atoms with E-state index in [0.29, 0.717) is 0 Å². The zero-order valence-corrected chi connectivity index (χ0v) is 11.7. The molecular weight excluding hydrogens is 276 g/mol. The molecule has 3 atom stereocenters. The van der Waals surface area contributed by atoms with Crippen LogP contribution >= 0.6 is 0 Å². The normalized spacial score (nSPS) is 16.4. The number of carbonyl (C=O) groups is 2. The van der Waals surface area contributed by atoms with Crippen molar-refractivity contribution in [3.8, 4) is 0 Å². The predicted octanol–water partition coefficient (Wildman–Crippen LogP) is -0.935. The van der Waals surface area contributed by atoms with E-state index in [1.807, 2.05) is 0 Å². The molecule has 2 unspecified atom stereocenters. The number of hydrogen-bond donors (Lipinski definition) is 4. The molecule has 0 heterocycles. The van der Waals surface area contributed by atoms with Gasteiger partial charge in [0.1, 0.15) is 0 Å². The molecule has 9 heteroatoms. The molecule has 8 nitrogen and oxygen atoms in total. The SMILES string of the molecule is CC(CNC(=O)[C@@H](N)C(C)CC(=O)O)CS(=O)(=O)O. The molecule has 0 aliphatic carbocycles. The van der Waals surface area contributed by atoms with Gasteiger partial charge in [0, 0.05) is 13.0 Å². The minimum Gasteiger partial charge on any atom is -0.481 e. The van der Waals surface area contributed by atoms with Crippen molar-refractivity contribution in [2.45, 2.75) is 26.3 Å². The number of aliphatic carboxylic acids is 1. The van der Waals surface area contributed by atoms with Gasteiger partial charge in [0.05, 0.1) is 11.8 Å². The standard InChI is InChI=1S/C10H20N2O6S/c1-6(5-19(16,17)18)4-12-10(15)9(11)7(2)3-8(13)14/h6-7,9H,3-5,11H2,1-2H3,(H,12,15)(H,13,14)(H,16,17,18)/t6?,7?,9-/m0/s1. The number of carboxylic acid groups (broad SMARTS) is 1. The molecule has 0 radical (unpaired) electrons. The van der Waals surface area contributed by atoms with Gasteiger partial charge < -0.3 is 16.2 Å². The second kappa shape index (κ2) is 7.41. The lowest BCUT2D eigenvalue weighted by molar-refractivity contribution is -0.138. The summed E-state index contributed by atoms with van der Waals surface area (Å²) in [7, 11) is -4.08. The van der Waals surface area contributed by atoms with Crippen molar-refractivity contribution in [2.75, 3.05) is 12.3 Å². The summed E-state index contributed by atoms with van der Waals surface area (Å²) in [6.45, 7) is 3.12. The predicted molar refractivity (Wildman–Crippen MR) is 68.0 cm³/mol. The summed E-state index contributed by atoms with van der Waals surface area (Å²) < 4.78 is 29.8. The van der Waals surface area contributed by atoms with Crippen LogP contribution in [0.2, 0.25) is 0 Å². The number of nitrogens with one attached hydrogen (secondary N) is 1. The van der Waals surface area contributed by atoms with Gasteiger partial charge in [-0.1, -0.05) is 13.8 Å². The van der Waals surface area contributed by atoms with Gasteiger partial charge in [0.25, 0.3) is 10.1 Å². The number of nitrogens with two attached hydrogens (primary N) is 1. The van der Waals surface area contributed by atoms with Crippen LogP contribution in [0.15, 0.2) is 0 Å². The maximum absolute atomic E-state index is 11.6. The monoisotopic (exact) mass is 296 g/mol. The van der Waals surface area contributed by atoms with Gasteiger partial charge in [0.15, 0.2) is 0 Å². The minimum absolute atomic E-state index is 0.0338. The molecule has 0 bridgehead atoms. The maximum Gasteiger partial charge on any atom is 0.303 e. The molecule has 0 aromatic carbocycles. The van der Waals surface area contributed by atoms with E-state index in [1.165, 1.54) is 0 Å². The topological polar surface area (TPSA) is 147 Å². The van der Waals surface area contributed by atoms with Crippen LogP contribution in [0.4, 0.5) is 0 Å². The van der Waals surface area contributed by atoms with E-state index >= 15 is 0 Å². The molecule has 0 rings (SSSR count). The highest BCUT2D eigenvalue weighted by Crippen LogP contribution is 2.06. The molecule has 0 saturated heterocycles. The molecule has 19 heavy (non-hydrogen) atoms. The molecule has 112 valence electrons.